The van der Waals surface area contributed by atoms with Gasteiger partial charge < -0.3 is 14.6 Å². The Kier molecular flexibility index (Phi) is 3.53. The summed E-state index contributed by atoms with van der Waals surface area (Å²) in [4.78, 5) is 21.6. The molecular formula is C17H14BrN3O2. The lowest BCUT2D eigenvalue weighted by atomic mass is 10.1. The topological polar surface area (TPSA) is 58.2 Å². The van der Waals surface area contributed by atoms with E-state index < -0.39 is 0 Å². The minimum absolute atomic E-state index is 0.0128. The number of aromatic nitrogens is 2. The zero-order valence-corrected chi connectivity index (χ0v) is 13.8. The van der Waals surface area contributed by atoms with Crippen molar-refractivity contribution in [2.75, 3.05) is 13.1 Å². The first kappa shape index (κ1) is 14.3. The van der Waals surface area contributed by atoms with Crippen molar-refractivity contribution in [3.05, 3.63) is 58.8 Å². The molecule has 0 unspecified atom stereocenters. The molecule has 6 heteroatoms. The van der Waals surface area contributed by atoms with Crippen molar-refractivity contribution in [3.8, 4) is 5.88 Å². The van der Waals surface area contributed by atoms with Gasteiger partial charge in [-0.3, -0.25) is 4.79 Å². The second-order valence-electron chi connectivity index (χ2n) is 5.52. The van der Waals surface area contributed by atoms with Gasteiger partial charge in [-0.2, -0.15) is 0 Å². The molecule has 4 rings (SSSR count). The zero-order chi connectivity index (χ0) is 15.8. The number of ether oxygens (including phenoxy) is 1. The summed E-state index contributed by atoms with van der Waals surface area (Å²) in [6, 6.07) is 11.4. The number of amides is 1. The standard InChI is InChI=1S/C17H14BrN3O2/c18-14-2-1-6-20-16(14)23-13-9-21(10-13)17(22)12-3-4-15-11(8-12)5-7-19-15/h1-8,13,19H,9-10H2. The van der Waals surface area contributed by atoms with Crippen molar-refractivity contribution < 1.29 is 9.53 Å². The Morgan fingerprint density at radius 1 is 1.30 bits per heavy atom. The van der Waals surface area contributed by atoms with E-state index in [1.165, 1.54) is 0 Å². The zero-order valence-electron chi connectivity index (χ0n) is 12.2. The molecule has 1 aliphatic rings. The second kappa shape index (κ2) is 5.70. The lowest BCUT2D eigenvalue weighted by Crippen LogP contribution is -2.56. The van der Waals surface area contributed by atoms with Crippen LogP contribution in [0.25, 0.3) is 10.9 Å². The summed E-state index contributed by atoms with van der Waals surface area (Å²) in [5.74, 6) is 0.603. The molecule has 1 amide bonds. The van der Waals surface area contributed by atoms with Crippen LogP contribution in [-0.4, -0.2) is 40.0 Å². The number of halogens is 1. The summed E-state index contributed by atoms with van der Waals surface area (Å²) in [6.07, 6.45) is 3.55. The second-order valence-corrected chi connectivity index (χ2v) is 6.37. The van der Waals surface area contributed by atoms with Crippen molar-refractivity contribution in [3.63, 3.8) is 0 Å². The van der Waals surface area contributed by atoms with Crippen LogP contribution in [0.5, 0.6) is 5.88 Å². The molecule has 3 aromatic rings. The first-order chi connectivity index (χ1) is 11.2. The molecule has 116 valence electrons. The summed E-state index contributed by atoms with van der Waals surface area (Å²) < 4.78 is 6.62. The van der Waals surface area contributed by atoms with Gasteiger partial charge in [0.1, 0.15) is 6.10 Å². The van der Waals surface area contributed by atoms with Crippen molar-refractivity contribution in [1.82, 2.24) is 14.9 Å². The summed E-state index contributed by atoms with van der Waals surface area (Å²) in [5, 5.41) is 1.04. The number of benzene rings is 1. The molecule has 0 bridgehead atoms. The van der Waals surface area contributed by atoms with E-state index in [9.17, 15) is 4.79 Å². The van der Waals surface area contributed by atoms with Crippen LogP contribution in [0.3, 0.4) is 0 Å². The van der Waals surface area contributed by atoms with Crippen molar-refractivity contribution >= 4 is 32.7 Å². The molecule has 0 atom stereocenters. The lowest BCUT2D eigenvalue weighted by Gasteiger charge is -2.38. The number of carbonyl (C=O) groups is 1. The number of likely N-dealkylation sites (tertiary alicyclic amines) is 1. The molecule has 2 aromatic heterocycles. The number of rotatable bonds is 3. The van der Waals surface area contributed by atoms with E-state index in [2.05, 4.69) is 25.9 Å². The van der Waals surface area contributed by atoms with Gasteiger partial charge >= 0.3 is 0 Å². The van der Waals surface area contributed by atoms with E-state index in [1.54, 1.807) is 11.1 Å². The van der Waals surface area contributed by atoms with E-state index in [4.69, 9.17) is 4.74 Å². The van der Waals surface area contributed by atoms with Crippen LogP contribution in [0.15, 0.2) is 53.3 Å². The molecule has 1 aliphatic heterocycles. The molecule has 1 saturated heterocycles. The van der Waals surface area contributed by atoms with E-state index in [0.29, 0.717) is 24.5 Å². The number of nitrogens with one attached hydrogen (secondary N) is 1. The molecule has 1 N–H and O–H groups in total. The monoisotopic (exact) mass is 371 g/mol. The predicted molar refractivity (Wildman–Crippen MR) is 90.6 cm³/mol. The number of H-pyrrole nitrogens is 1. The molecule has 0 spiro atoms. The Bertz CT molecular complexity index is 871. The van der Waals surface area contributed by atoms with Crippen LogP contribution in [0, 0.1) is 0 Å². The van der Waals surface area contributed by atoms with Gasteiger partial charge in [0.2, 0.25) is 5.88 Å². The average molecular weight is 372 g/mol. The van der Waals surface area contributed by atoms with Gasteiger partial charge in [0.25, 0.3) is 5.91 Å². The first-order valence-corrected chi connectivity index (χ1v) is 8.13. The smallest absolute Gasteiger partial charge is 0.254 e. The number of fused-ring (bicyclic) bond motifs is 1. The minimum atomic E-state index is -0.0128. The molecule has 3 heterocycles. The number of nitrogens with zero attached hydrogens (tertiary/aromatic N) is 2. The molecule has 5 nitrogen and oxygen atoms in total. The van der Waals surface area contributed by atoms with Crippen molar-refractivity contribution in [2.45, 2.75) is 6.10 Å². The molecule has 1 fully saturated rings. The van der Waals surface area contributed by atoms with E-state index >= 15 is 0 Å². The number of hydrogen-bond donors (Lipinski definition) is 1. The van der Waals surface area contributed by atoms with Crippen molar-refractivity contribution in [1.29, 1.82) is 0 Å². The molecule has 0 radical (unpaired) electrons. The van der Waals surface area contributed by atoms with Crippen LogP contribution in [0.2, 0.25) is 0 Å². The summed E-state index contributed by atoms with van der Waals surface area (Å²) in [6.45, 7) is 1.15. The van der Waals surface area contributed by atoms with E-state index in [-0.39, 0.29) is 12.0 Å². The lowest BCUT2D eigenvalue weighted by molar-refractivity contribution is 0.0157. The highest BCUT2D eigenvalue weighted by molar-refractivity contribution is 9.10. The quantitative estimate of drug-likeness (QED) is 0.768. The maximum Gasteiger partial charge on any atom is 0.254 e. The Balaban J connectivity index is 1.41. The summed E-state index contributed by atoms with van der Waals surface area (Å²) >= 11 is 3.41. The maximum atomic E-state index is 12.5. The number of hydrogen-bond acceptors (Lipinski definition) is 3. The fourth-order valence-electron chi connectivity index (χ4n) is 2.66. The molecular weight excluding hydrogens is 358 g/mol. The number of pyridine rings is 1. The minimum Gasteiger partial charge on any atom is -0.470 e. The molecule has 1 aromatic carbocycles. The first-order valence-electron chi connectivity index (χ1n) is 7.34. The fourth-order valence-corrected chi connectivity index (χ4v) is 3.01. The summed E-state index contributed by atoms with van der Waals surface area (Å²) in [5.41, 5.74) is 1.74. The summed E-state index contributed by atoms with van der Waals surface area (Å²) in [7, 11) is 0. The maximum absolute atomic E-state index is 12.5. The van der Waals surface area contributed by atoms with E-state index in [1.807, 2.05) is 42.6 Å². The Labute approximate surface area is 141 Å². The van der Waals surface area contributed by atoms with Crippen LogP contribution in [0.4, 0.5) is 0 Å². The SMILES string of the molecule is O=C(c1ccc2[nH]ccc2c1)N1CC(Oc2ncccc2Br)C1. The Morgan fingerprint density at radius 2 is 2.17 bits per heavy atom. The van der Waals surface area contributed by atoms with Crippen molar-refractivity contribution in [2.24, 2.45) is 0 Å². The number of carbonyl (C=O) groups excluding carboxylic acids is 1. The van der Waals surface area contributed by atoms with Crippen LogP contribution < -0.4 is 4.74 Å². The third-order valence-corrected chi connectivity index (χ3v) is 4.54. The third kappa shape index (κ3) is 2.70. The fraction of sp³-hybridized carbons (Fsp3) is 0.176. The highest BCUT2D eigenvalue weighted by Gasteiger charge is 2.33. The Hall–Kier alpha value is -2.34. The average Bonchev–Trinajstić information content (AvgIpc) is 2.99. The Morgan fingerprint density at radius 3 is 3.00 bits per heavy atom. The highest BCUT2D eigenvalue weighted by Crippen LogP contribution is 2.25. The van der Waals surface area contributed by atoms with Gasteiger partial charge in [0, 0.05) is 28.9 Å². The highest BCUT2D eigenvalue weighted by atomic mass is 79.9. The van der Waals surface area contributed by atoms with Gasteiger partial charge in [-0.05, 0) is 52.3 Å². The van der Waals surface area contributed by atoms with Gasteiger partial charge in [0.15, 0.2) is 0 Å². The largest absolute Gasteiger partial charge is 0.470 e. The molecule has 0 aliphatic carbocycles. The van der Waals surface area contributed by atoms with Gasteiger partial charge in [-0.25, -0.2) is 4.98 Å². The van der Waals surface area contributed by atoms with Gasteiger partial charge in [-0.1, -0.05) is 0 Å². The molecule has 0 saturated carbocycles. The normalized spacial score (nSPS) is 14.7. The predicted octanol–water partition coefficient (Wildman–Crippen LogP) is 3.23. The third-order valence-electron chi connectivity index (χ3n) is 3.94. The van der Waals surface area contributed by atoms with Crippen LogP contribution in [0.1, 0.15) is 10.4 Å². The van der Waals surface area contributed by atoms with Crippen LogP contribution in [-0.2, 0) is 0 Å². The molecule has 23 heavy (non-hydrogen) atoms. The van der Waals surface area contributed by atoms with Crippen LogP contribution >= 0.6 is 15.9 Å². The van der Waals surface area contributed by atoms with Gasteiger partial charge in [0.05, 0.1) is 17.6 Å². The van der Waals surface area contributed by atoms with E-state index in [0.717, 1.165) is 15.4 Å². The number of aromatic amines is 1. The van der Waals surface area contributed by atoms with Gasteiger partial charge in [-0.15, -0.1) is 0 Å².